The number of amides is 3. The number of rotatable bonds is 4. The van der Waals surface area contributed by atoms with Gasteiger partial charge >= 0.3 is 12.1 Å². The Balaban J connectivity index is 1.72. The van der Waals surface area contributed by atoms with Gasteiger partial charge in [-0.1, -0.05) is 18.2 Å². The Morgan fingerprint density at radius 3 is 2.28 bits per heavy atom. The highest BCUT2D eigenvalue weighted by Crippen LogP contribution is 2.35. The Kier molecular flexibility index (Phi) is 5.24. The summed E-state index contributed by atoms with van der Waals surface area (Å²) in [5.74, 6) is -1.28. The van der Waals surface area contributed by atoms with Crippen LogP contribution in [-0.2, 0) is 16.1 Å². The molecule has 0 aromatic heterocycles. The van der Waals surface area contributed by atoms with Gasteiger partial charge in [0.15, 0.2) is 0 Å². The van der Waals surface area contributed by atoms with E-state index in [9.17, 15) is 19.2 Å². The molecule has 8 heteroatoms. The number of hydrogen-bond donors (Lipinski definition) is 1. The fourth-order valence-electron chi connectivity index (χ4n) is 4.05. The van der Waals surface area contributed by atoms with Crippen LogP contribution in [-0.4, -0.2) is 40.9 Å². The highest BCUT2D eigenvalue weighted by atomic mass is 16.6. The number of benzene rings is 2. The molecule has 2 aliphatic heterocycles. The van der Waals surface area contributed by atoms with E-state index >= 15 is 0 Å². The van der Waals surface area contributed by atoms with Gasteiger partial charge in [0.25, 0.3) is 11.8 Å². The van der Waals surface area contributed by atoms with Crippen LogP contribution in [0.25, 0.3) is 0 Å². The zero-order chi connectivity index (χ0) is 23.2. The predicted octanol–water partition coefficient (Wildman–Crippen LogP) is 3.53. The largest absolute Gasteiger partial charge is 0.457 e. The third kappa shape index (κ3) is 3.72. The fraction of sp³-hybridized carbons (Fsp3) is 0.333. The molecule has 0 aliphatic carbocycles. The topological polar surface area (TPSA) is 102 Å². The minimum atomic E-state index is -0.795. The number of hydrogen-bond acceptors (Lipinski definition) is 6. The first-order valence-electron chi connectivity index (χ1n) is 10.3. The van der Waals surface area contributed by atoms with E-state index in [1.165, 1.54) is 0 Å². The predicted molar refractivity (Wildman–Crippen MR) is 114 cm³/mol. The van der Waals surface area contributed by atoms with Crippen LogP contribution in [0.15, 0.2) is 36.4 Å². The number of fused-ring (bicyclic) bond motifs is 2. The number of nitrogens with one attached hydrogen (secondary N) is 1. The molecule has 2 aromatic rings. The lowest BCUT2D eigenvalue weighted by Gasteiger charge is -2.29. The van der Waals surface area contributed by atoms with Gasteiger partial charge in [0.05, 0.1) is 22.7 Å². The van der Waals surface area contributed by atoms with Crippen molar-refractivity contribution in [2.75, 3.05) is 6.54 Å². The molecule has 2 aromatic carbocycles. The zero-order valence-corrected chi connectivity index (χ0v) is 18.4. The summed E-state index contributed by atoms with van der Waals surface area (Å²) in [6.45, 7) is 7.13. The van der Waals surface area contributed by atoms with Crippen LogP contribution < -0.4 is 5.32 Å². The molecule has 8 nitrogen and oxygen atoms in total. The maximum Gasteiger partial charge on any atom is 0.407 e. The van der Waals surface area contributed by atoms with Gasteiger partial charge in [0.2, 0.25) is 0 Å². The van der Waals surface area contributed by atoms with Gasteiger partial charge in [-0.05, 0) is 57.0 Å². The van der Waals surface area contributed by atoms with Gasteiger partial charge in [0.1, 0.15) is 12.2 Å². The lowest BCUT2D eigenvalue weighted by atomic mass is 9.93. The van der Waals surface area contributed by atoms with Crippen LogP contribution in [0.5, 0.6) is 0 Å². The monoisotopic (exact) mass is 436 g/mol. The van der Waals surface area contributed by atoms with Crippen molar-refractivity contribution >= 4 is 23.9 Å². The number of carbonyl (C=O) groups excluding carboxylic acids is 4. The molecule has 1 N–H and O–H groups in total. The molecule has 0 unspecified atom stereocenters. The Labute approximate surface area is 185 Å². The minimum absolute atomic E-state index is 0.0468. The summed E-state index contributed by atoms with van der Waals surface area (Å²) in [4.78, 5) is 51.8. The molecule has 1 atom stereocenters. The van der Waals surface area contributed by atoms with E-state index < -0.39 is 35.5 Å². The highest BCUT2D eigenvalue weighted by molar-refractivity contribution is 6.21. The highest BCUT2D eigenvalue weighted by Gasteiger charge is 2.41. The molecule has 0 saturated carbocycles. The fourth-order valence-corrected chi connectivity index (χ4v) is 4.05. The molecule has 0 saturated heterocycles. The summed E-state index contributed by atoms with van der Waals surface area (Å²) < 4.78 is 10.5. The molecule has 2 aliphatic rings. The smallest absolute Gasteiger partial charge is 0.407 e. The van der Waals surface area contributed by atoms with E-state index in [4.69, 9.17) is 9.47 Å². The van der Waals surface area contributed by atoms with E-state index in [1.807, 2.05) is 6.92 Å². The van der Waals surface area contributed by atoms with Crippen LogP contribution >= 0.6 is 0 Å². The zero-order valence-electron chi connectivity index (χ0n) is 18.4. The molecule has 0 spiro atoms. The lowest BCUT2D eigenvalue weighted by molar-refractivity contribution is 0.0466. The maximum absolute atomic E-state index is 13.2. The molecular formula is C24H24N2O6. The Morgan fingerprint density at radius 2 is 1.69 bits per heavy atom. The summed E-state index contributed by atoms with van der Waals surface area (Å²) in [7, 11) is 0. The number of cyclic esters (lactones) is 1. The number of imide groups is 1. The van der Waals surface area contributed by atoms with Crippen LogP contribution in [0, 0.1) is 6.92 Å². The van der Waals surface area contributed by atoms with Crippen molar-refractivity contribution in [1.82, 2.24) is 10.2 Å². The average Bonchev–Trinajstić information content (AvgIpc) is 3.22. The van der Waals surface area contributed by atoms with Crippen molar-refractivity contribution in [3.8, 4) is 0 Å². The molecule has 166 valence electrons. The summed E-state index contributed by atoms with van der Waals surface area (Å²) in [5, 5.41) is 2.68. The molecule has 0 radical (unpaired) electrons. The summed E-state index contributed by atoms with van der Waals surface area (Å²) in [5.41, 5.74) is 2.50. The first kappa shape index (κ1) is 21.5. The number of alkyl carbamates (subject to hydrolysis) is 1. The number of esters is 1. The summed E-state index contributed by atoms with van der Waals surface area (Å²) >= 11 is 0. The summed E-state index contributed by atoms with van der Waals surface area (Å²) in [6.07, 6.45) is -0.656. The van der Waals surface area contributed by atoms with E-state index in [0.29, 0.717) is 27.8 Å². The van der Waals surface area contributed by atoms with Gasteiger partial charge < -0.3 is 14.8 Å². The molecule has 2 heterocycles. The van der Waals surface area contributed by atoms with Crippen LogP contribution in [0.1, 0.15) is 74.6 Å². The van der Waals surface area contributed by atoms with Crippen LogP contribution in [0.2, 0.25) is 0 Å². The maximum atomic E-state index is 13.2. The number of nitrogens with zero attached hydrogens (tertiary/aromatic N) is 1. The Bertz CT molecular complexity index is 1110. The van der Waals surface area contributed by atoms with Crippen molar-refractivity contribution in [3.05, 3.63) is 69.8 Å². The number of ether oxygens (including phenoxy) is 2. The Hall–Kier alpha value is -3.68. The summed E-state index contributed by atoms with van der Waals surface area (Å²) in [6, 6.07) is 9.15. The van der Waals surface area contributed by atoms with Crippen LogP contribution in [0.3, 0.4) is 0 Å². The van der Waals surface area contributed by atoms with Crippen molar-refractivity contribution in [2.24, 2.45) is 0 Å². The van der Waals surface area contributed by atoms with Crippen molar-refractivity contribution in [3.63, 3.8) is 0 Å². The SMILES string of the molecule is Cc1c([C@H](CNC(=O)OC(C)(C)C)N2C(=O)c3ccccc3C2=O)ccc2c1COC2=O. The third-order valence-electron chi connectivity index (χ3n) is 5.54. The van der Waals surface area contributed by atoms with Gasteiger partial charge in [-0.25, -0.2) is 9.59 Å². The van der Waals surface area contributed by atoms with Crippen LogP contribution in [0.4, 0.5) is 4.79 Å². The second kappa shape index (κ2) is 7.78. The Morgan fingerprint density at radius 1 is 1.06 bits per heavy atom. The van der Waals surface area contributed by atoms with Crippen molar-refractivity contribution < 1.29 is 28.7 Å². The van der Waals surface area contributed by atoms with Crippen molar-refractivity contribution in [2.45, 2.75) is 45.9 Å². The second-order valence-corrected chi connectivity index (χ2v) is 8.81. The quantitative estimate of drug-likeness (QED) is 0.581. The first-order valence-corrected chi connectivity index (χ1v) is 10.3. The number of carbonyl (C=O) groups is 4. The van der Waals surface area contributed by atoms with Gasteiger partial charge in [-0.2, -0.15) is 0 Å². The van der Waals surface area contributed by atoms with E-state index in [1.54, 1.807) is 57.2 Å². The van der Waals surface area contributed by atoms with Gasteiger partial charge in [-0.15, -0.1) is 0 Å². The third-order valence-corrected chi connectivity index (χ3v) is 5.54. The minimum Gasteiger partial charge on any atom is -0.457 e. The van der Waals surface area contributed by atoms with Crippen molar-refractivity contribution in [1.29, 1.82) is 0 Å². The van der Waals surface area contributed by atoms with E-state index in [-0.39, 0.29) is 13.2 Å². The van der Waals surface area contributed by atoms with E-state index in [0.717, 1.165) is 10.5 Å². The average molecular weight is 436 g/mol. The standard InChI is InChI=1S/C24H24N2O6/c1-13-14(9-10-17-18(13)12-31-22(17)29)19(11-25-23(30)32-24(2,3)4)26-20(27)15-7-5-6-8-16(15)21(26)28/h5-10,19H,11-12H2,1-4H3,(H,25,30)/t19-/m0/s1. The lowest BCUT2D eigenvalue weighted by Crippen LogP contribution is -2.42. The second-order valence-electron chi connectivity index (χ2n) is 8.81. The molecule has 0 bridgehead atoms. The molecule has 0 fully saturated rings. The van der Waals surface area contributed by atoms with Gasteiger partial charge in [-0.3, -0.25) is 14.5 Å². The molecule has 32 heavy (non-hydrogen) atoms. The molecular weight excluding hydrogens is 412 g/mol. The van der Waals surface area contributed by atoms with E-state index in [2.05, 4.69) is 5.32 Å². The van der Waals surface area contributed by atoms with Gasteiger partial charge in [0, 0.05) is 12.1 Å². The molecule has 3 amide bonds. The first-order chi connectivity index (χ1) is 15.1. The normalized spacial score (nSPS) is 15.9. The molecule has 4 rings (SSSR count).